The molecular weight excluding hydrogens is 292 g/mol. The van der Waals surface area contributed by atoms with Crippen LogP contribution in [0.25, 0.3) is 16.8 Å². The lowest BCUT2D eigenvalue weighted by Crippen LogP contribution is -2.23. The van der Waals surface area contributed by atoms with E-state index < -0.39 is 5.97 Å². The van der Waals surface area contributed by atoms with Gasteiger partial charge in [-0.15, -0.1) is 0 Å². The molecule has 0 spiro atoms. The van der Waals surface area contributed by atoms with E-state index in [1.54, 1.807) is 24.3 Å². The van der Waals surface area contributed by atoms with Crippen molar-refractivity contribution in [2.45, 2.75) is 0 Å². The quantitative estimate of drug-likeness (QED) is 0.343. The smallest absolute Gasteiger partial charge is 0.337 e. The molecule has 0 bridgehead atoms. The Morgan fingerprint density at radius 2 is 1.70 bits per heavy atom. The second kappa shape index (κ2) is 7.11. The van der Waals surface area contributed by atoms with E-state index in [1.165, 1.54) is 7.11 Å². The summed E-state index contributed by atoms with van der Waals surface area (Å²) in [5.41, 5.74) is 11.4. The Morgan fingerprint density at radius 3 is 2.22 bits per heavy atom. The molecule has 0 atom stereocenters. The molecule has 0 saturated carbocycles. The van der Waals surface area contributed by atoms with Crippen LogP contribution in [0.2, 0.25) is 0 Å². The van der Waals surface area contributed by atoms with E-state index in [-0.39, 0.29) is 11.4 Å². The monoisotopic (exact) mass is 308 g/mol. The van der Waals surface area contributed by atoms with Crippen molar-refractivity contribution in [2.75, 3.05) is 7.11 Å². The molecule has 6 nitrogen and oxygen atoms in total. The second-order valence-corrected chi connectivity index (χ2v) is 4.70. The SMILES string of the molecule is COC(=O)c1cccc(-c2cccc(/C(N)=C(\C#N)NN)c2)c1. The van der Waals surface area contributed by atoms with Gasteiger partial charge in [0.05, 0.1) is 18.4 Å². The normalized spacial score (nSPS) is 11.2. The number of carbonyl (C=O) groups is 1. The van der Waals surface area contributed by atoms with Crippen molar-refractivity contribution in [1.29, 1.82) is 5.26 Å². The van der Waals surface area contributed by atoms with Crippen molar-refractivity contribution in [3.63, 3.8) is 0 Å². The molecule has 0 unspecified atom stereocenters. The summed E-state index contributed by atoms with van der Waals surface area (Å²) < 4.78 is 4.73. The molecule has 0 aliphatic rings. The number of hydrazine groups is 1. The van der Waals surface area contributed by atoms with Crippen LogP contribution in [0.5, 0.6) is 0 Å². The number of nitrogens with zero attached hydrogens (tertiary/aromatic N) is 1. The van der Waals surface area contributed by atoms with Crippen LogP contribution in [0.3, 0.4) is 0 Å². The van der Waals surface area contributed by atoms with Crippen LogP contribution < -0.4 is 17.0 Å². The highest BCUT2D eigenvalue weighted by Gasteiger charge is 2.09. The van der Waals surface area contributed by atoms with Gasteiger partial charge in [-0.1, -0.05) is 30.3 Å². The van der Waals surface area contributed by atoms with E-state index in [1.807, 2.05) is 30.3 Å². The van der Waals surface area contributed by atoms with E-state index in [9.17, 15) is 4.79 Å². The van der Waals surface area contributed by atoms with Gasteiger partial charge in [-0.2, -0.15) is 5.26 Å². The van der Waals surface area contributed by atoms with Gasteiger partial charge in [0.1, 0.15) is 6.07 Å². The minimum atomic E-state index is -0.401. The number of rotatable bonds is 4. The summed E-state index contributed by atoms with van der Waals surface area (Å²) in [6.07, 6.45) is 0. The van der Waals surface area contributed by atoms with Crippen molar-refractivity contribution in [2.24, 2.45) is 11.6 Å². The lowest BCUT2D eigenvalue weighted by atomic mass is 9.99. The highest BCUT2D eigenvalue weighted by Crippen LogP contribution is 2.24. The van der Waals surface area contributed by atoms with Crippen molar-refractivity contribution in [1.82, 2.24) is 5.43 Å². The van der Waals surface area contributed by atoms with Gasteiger partial charge in [0, 0.05) is 5.56 Å². The third-order valence-electron chi connectivity index (χ3n) is 3.32. The van der Waals surface area contributed by atoms with Gasteiger partial charge in [0.15, 0.2) is 5.70 Å². The van der Waals surface area contributed by atoms with Crippen LogP contribution in [0, 0.1) is 11.3 Å². The van der Waals surface area contributed by atoms with Gasteiger partial charge < -0.3 is 15.9 Å². The maximum Gasteiger partial charge on any atom is 0.337 e. The number of carbonyl (C=O) groups excluding carboxylic acids is 1. The molecule has 0 heterocycles. The lowest BCUT2D eigenvalue weighted by Gasteiger charge is -2.09. The fourth-order valence-corrected chi connectivity index (χ4v) is 2.12. The summed E-state index contributed by atoms with van der Waals surface area (Å²) in [7, 11) is 1.34. The van der Waals surface area contributed by atoms with Crippen LogP contribution >= 0.6 is 0 Å². The number of ether oxygens (including phenoxy) is 1. The maximum absolute atomic E-state index is 11.6. The number of hydrogen-bond donors (Lipinski definition) is 3. The molecule has 0 saturated heterocycles. The minimum Gasteiger partial charge on any atom is -0.465 e. The summed E-state index contributed by atoms with van der Waals surface area (Å²) in [5, 5.41) is 8.99. The third kappa shape index (κ3) is 3.48. The topological polar surface area (TPSA) is 114 Å². The van der Waals surface area contributed by atoms with E-state index in [0.29, 0.717) is 11.1 Å². The second-order valence-electron chi connectivity index (χ2n) is 4.70. The van der Waals surface area contributed by atoms with Crippen molar-refractivity contribution < 1.29 is 9.53 Å². The molecular formula is C17H16N4O2. The van der Waals surface area contributed by atoms with Crippen LogP contribution in [0.4, 0.5) is 0 Å². The van der Waals surface area contributed by atoms with Gasteiger partial charge in [0.2, 0.25) is 0 Å². The number of hydrogen-bond acceptors (Lipinski definition) is 6. The first-order valence-corrected chi connectivity index (χ1v) is 6.76. The number of nitriles is 1. The Balaban J connectivity index is 2.47. The van der Waals surface area contributed by atoms with Crippen molar-refractivity contribution in [3.8, 4) is 17.2 Å². The average molecular weight is 308 g/mol. The first kappa shape index (κ1) is 16.1. The standard InChI is InChI=1S/C17H16N4O2/c1-23-17(22)14-7-3-5-12(9-14)11-4-2-6-13(8-11)16(19)15(10-18)21-20/h2-9,21H,19-20H2,1H3/b16-15-. The van der Waals surface area contributed by atoms with Gasteiger partial charge >= 0.3 is 5.97 Å². The third-order valence-corrected chi connectivity index (χ3v) is 3.32. The summed E-state index contributed by atoms with van der Waals surface area (Å²) in [6, 6.07) is 16.3. The van der Waals surface area contributed by atoms with Gasteiger partial charge in [-0.05, 0) is 29.3 Å². The Labute approximate surface area is 133 Å². The zero-order chi connectivity index (χ0) is 16.8. The molecule has 2 aromatic rings. The fraction of sp³-hybridized carbons (Fsp3) is 0.0588. The predicted octanol–water partition coefficient (Wildman–Crippen LogP) is 1.75. The fourth-order valence-electron chi connectivity index (χ4n) is 2.12. The molecule has 0 aliphatic heterocycles. The zero-order valence-electron chi connectivity index (χ0n) is 12.5. The molecule has 23 heavy (non-hydrogen) atoms. The minimum absolute atomic E-state index is 0.0884. The number of methoxy groups -OCH3 is 1. The van der Waals surface area contributed by atoms with Crippen molar-refractivity contribution >= 4 is 11.7 Å². The summed E-state index contributed by atoms with van der Waals surface area (Å²) in [4.78, 5) is 11.6. The van der Waals surface area contributed by atoms with Crippen LogP contribution in [-0.4, -0.2) is 13.1 Å². The summed E-state index contributed by atoms with van der Waals surface area (Å²) in [5.74, 6) is 4.88. The van der Waals surface area contributed by atoms with E-state index >= 15 is 0 Å². The summed E-state index contributed by atoms with van der Waals surface area (Å²) in [6.45, 7) is 0. The van der Waals surface area contributed by atoms with E-state index in [0.717, 1.165) is 11.1 Å². The maximum atomic E-state index is 11.6. The molecule has 0 aliphatic carbocycles. The molecule has 5 N–H and O–H groups in total. The largest absolute Gasteiger partial charge is 0.465 e. The van der Waals surface area contributed by atoms with E-state index in [2.05, 4.69) is 5.43 Å². The van der Waals surface area contributed by atoms with Gasteiger partial charge in [-0.25, -0.2) is 10.6 Å². The number of esters is 1. The van der Waals surface area contributed by atoms with Gasteiger partial charge in [0.25, 0.3) is 0 Å². The van der Waals surface area contributed by atoms with Crippen molar-refractivity contribution in [3.05, 3.63) is 65.4 Å². The highest BCUT2D eigenvalue weighted by molar-refractivity contribution is 5.91. The van der Waals surface area contributed by atoms with E-state index in [4.69, 9.17) is 21.6 Å². The number of nitrogens with two attached hydrogens (primary N) is 2. The first-order chi connectivity index (χ1) is 11.1. The zero-order valence-corrected chi connectivity index (χ0v) is 12.5. The van der Waals surface area contributed by atoms with Crippen LogP contribution in [0.1, 0.15) is 15.9 Å². The molecule has 0 amide bonds. The molecule has 2 rings (SSSR count). The molecule has 116 valence electrons. The Bertz CT molecular complexity index is 806. The number of allylic oxidation sites excluding steroid dienone is 1. The van der Waals surface area contributed by atoms with Crippen LogP contribution in [-0.2, 0) is 4.74 Å². The Morgan fingerprint density at radius 1 is 1.13 bits per heavy atom. The van der Waals surface area contributed by atoms with Gasteiger partial charge in [-0.3, -0.25) is 0 Å². The van der Waals surface area contributed by atoms with Crippen LogP contribution in [0.15, 0.2) is 54.2 Å². The molecule has 2 aromatic carbocycles. The molecule has 0 radical (unpaired) electrons. The first-order valence-electron chi connectivity index (χ1n) is 6.76. The Kier molecular flexibility index (Phi) is 4.97. The molecule has 0 aromatic heterocycles. The highest BCUT2D eigenvalue weighted by atomic mass is 16.5. The number of nitrogens with one attached hydrogen (secondary N) is 1. The number of benzene rings is 2. The lowest BCUT2D eigenvalue weighted by molar-refractivity contribution is 0.0601. The molecule has 0 fully saturated rings. The predicted molar refractivity (Wildman–Crippen MR) is 87.3 cm³/mol. The molecule has 6 heteroatoms. The summed E-state index contributed by atoms with van der Waals surface area (Å²) >= 11 is 0. The average Bonchev–Trinajstić information content (AvgIpc) is 2.62. The Hall–Kier alpha value is -3.30.